The predicted molar refractivity (Wildman–Crippen MR) is 279 cm³/mol. The Kier molecular flexibility index (Phi) is 49.1. The lowest BCUT2D eigenvalue weighted by Gasteiger charge is -2.18. The van der Waals surface area contributed by atoms with Gasteiger partial charge in [0, 0.05) is 19.3 Å². The summed E-state index contributed by atoms with van der Waals surface area (Å²) in [5.41, 5.74) is 0. The second-order valence-electron chi connectivity index (χ2n) is 21.7. The lowest BCUT2D eigenvalue weighted by atomic mass is 10.0. The first-order valence-corrected chi connectivity index (χ1v) is 29.1. The van der Waals surface area contributed by atoms with Crippen molar-refractivity contribution < 1.29 is 28.6 Å². The van der Waals surface area contributed by atoms with Gasteiger partial charge in [-0.05, 0) is 37.0 Å². The Balaban J connectivity index is 4.28. The third kappa shape index (κ3) is 53.2. The number of hydrogen-bond donors (Lipinski definition) is 0. The molecule has 0 heterocycles. The van der Waals surface area contributed by atoms with Crippen LogP contribution in [0.25, 0.3) is 0 Å². The van der Waals surface area contributed by atoms with E-state index >= 15 is 0 Å². The second-order valence-corrected chi connectivity index (χ2v) is 21.7. The molecule has 0 unspecified atom stereocenters. The van der Waals surface area contributed by atoms with Crippen LogP contribution in [0.15, 0.2) is 0 Å². The summed E-state index contributed by atoms with van der Waals surface area (Å²) in [6.45, 7) is 13.8. The molecule has 0 amide bonds. The molecule has 0 spiro atoms. The van der Waals surface area contributed by atoms with E-state index in [0.717, 1.165) is 75.5 Å². The number of rotatable bonds is 52. The molecule has 0 saturated heterocycles. The highest BCUT2D eigenvalue weighted by molar-refractivity contribution is 5.71. The van der Waals surface area contributed by atoms with Crippen LogP contribution in [0.2, 0.25) is 0 Å². The van der Waals surface area contributed by atoms with Gasteiger partial charge in [-0.25, -0.2) is 0 Å². The molecule has 0 radical (unpaired) electrons. The minimum atomic E-state index is -0.764. The molecule has 0 saturated carbocycles. The molecule has 1 atom stereocenters. The van der Waals surface area contributed by atoms with E-state index in [4.69, 9.17) is 14.2 Å². The first-order valence-electron chi connectivity index (χ1n) is 29.1. The zero-order valence-electron chi connectivity index (χ0n) is 44.8. The highest BCUT2D eigenvalue weighted by Gasteiger charge is 2.19. The standard InChI is InChI=1S/C59H114O6/c1-53(2)45-39-33-27-21-16-12-8-7-9-15-19-25-32-38-44-50-59(62)65-56(52-64-58(61)49-43-37-31-26-20-23-29-35-41-47-55(5)6)51-63-57(60)48-42-36-30-24-18-14-11-10-13-17-22-28-34-40-46-54(3)4/h53-56H,7-52H2,1-6H3/t56-/m1/s1. The van der Waals surface area contributed by atoms with Crippen LogP contribution in [0.4, 0.5) is 0 Å². The van der Waals surface area contributed by atoms with Gasteiger partial charge in [-0.3, -0.25) is 14.4 Å². The number of carbonyl (C=O) groups excluding carboxylic acids is 3. The average Bonchev–Trinajstić information content (AvgIpc) is 3.26. The summed E-state index contributed by atoms with van der Waals surface area (Å²) in [6, 6.07) is 0. The van der Waals surface area contributed by atoms with Crippen LogP contribution < -0.4 is 0 Å². The van der Waals surface area contributed by atoms with Crippen LogP contribution in [-0.4, -0.2) is 37.2 Å². The van der Waals surface area contributed by atoms with Gasteiger partial charge >= 0.3 is 17.9 Å². The quantitative estimate of drug-likeness (QED) is 0.0344. The van der Waals surface area contributed by atoms with Crippen molar-refractivity contribution in [3.63, 3.8) is 0 Å². The zero-order chi connectivity index (χ0) is 47.7. The lowest BCUT2D eigenvalue weighted by Crippen LogP contribution is -2.30. The molecule has 6 nitrogen and oxygen atoms in total. The topological polar surface area (TPSA) is 78.9 Å². The van der Waals surface area contributed by atoms with Gasteiger partial charge in [-0.1, -0.05) is 286 Å². The van der Waals surface area contributed by atoms with E-state index in [-0.39, 0.29) is 31.1 Å². The molecule has 0 aromatic carbocycles. The maximum Gasteiger partial charge on any atom is 0.306 e. The van der Waals surface area contributed by atoms with Crippen molar-refractivity contribution in [2.24, 2.45) is 17.8 Å². The number of carbonyl (C=O) groups is 3. The smallest absolute Gasteiger partial charge is 0.306 e. The van der Waals surface area contributed by atoms with E-state index in [0.29, 0.717) is 19.3 Å². The molecule has 0 aliphatic rings. The second kappa shape index (κ2) is 50.3. The molecular formula is C59H114O6. The molecule has 0 N–H and O–H groups in total. The number of ether oxygens (including phenoxy) is 3. The fourth-order valence-corrected chi connectivity index (χ4v) is 9.00. The van der Waals surface area contributed by atoms with Gasteiger partial charge in [0.05, 0.1) is 0 Å². The molecule has 386 valence electrons. The molecule has 0 aromatic rings. The summed E-state index contributed by atoms with van der Waals surface area (Å²) in [5.74, 6) is 1.66. The zero-order valence-corrected chi connectivity index (χ0v) is 44.8. The third-order valence-electron chi connectivity index (χ3n) is 13.4. The van der Waals surface area contributed by atoms with Gasteiger partial charge in [0.1, 0.15) is 13.2 Å². The SMILES string of the molecule is CC(C)CCCCCCCCCCCCCCCCCC(=O)O[C@H](COC(=O)CCCCCCCCCCCCCCCCC(C)C)COC(=O)CCCCCCCCCCCC(C)C. The summed E-state index contributed by atoms with van der Waals surface area (Å²) >= 11 is 0. The van der Waals surface area contributed by atoms with Gasteiger partial charge in [-0.2, -0.15) is 0 Å². The Morgan fingerprint density at radius 3 is 0.662 bits per heavy atom. The van der Waals surface area contributed by atoms with E-state index in [2.05, 4.69) is 41.5 Å². The normalized spacial score (nSPS) is 12.1. The maximum absolute atomic E-state index is 12.9. The van der Waals surface area contributed by atoms with Crippen LogP contribution in [0.3, 0.4) is 0 Å². The van der Waals surface area contributed by atoms with Gasteiger partial charge in [-0.15, -0.1) is 0 Å². The van der Waals surface area contributed by atoms with E-state index in [1.807, 2.05) is 0 Å². The number of unbranched alkanes of at least 4 members (excludes halogenated alkanes) is 35. The van der Waals surface area contributed by atoms with Crippen molar-refractivity contribution in [3.05, 3.63) is 0 Å². The van der Waals surface area contributed by atoms with Gasteiger partial charge in [0.15, 0.2) is 6.10 Å². The van der Waals surface area contributed by atoms with E-state index in [1.54, 1.807) is 0 Å². The molecule has 0 aliphatic heterocycles. The van der Waals surface area contributed by atoms with Crippen molar-refractivity contribution in [2.75, 3.05) is 13.2 Å². The van der Waals surface area contributed by atoms with Crippen LogP contribution in [0, 0.1) is 17.8 Å². The highest BCUT2D eigenvalue weighted by atomic mass is 16.6. The van der Waals surface area contributed by atoms with Gasteiger partial charge in [0.2, 0.25) is 0 Å². The number of esters is 3. The van der Waals surface area contributed by atoms with Crippen molar-refractivity contribution in [1.29, 1.82) is 0 Å². The molecule has 0 bridgehead atoms. The Hall–Kier alpha value is -1.59. The van der Waals surface area contributed by atoms with Crippen LogP contribution in [0.1, 0.15) is 324 Å². The Labute approximate surface area is 406 Å². The lowest BCUT2D eigenvalue weighted by molar-refractivity contribution is -0.167. The largest absolute Gasteiger partial charge is 0.462 e. The molecule has 0 aromatic heterocycles. The summed E-state index contributed by atoms with van der Waals surface area (Å²) in [4.78, 5) is 38.1. The van der Waals surface area contributed by atoms with Crippen LogP contribution >= 0.6 is 0 Å². The molecule has 0 rings (SSSR count). The maximum atomic E-state index is 12.9. The Bertz CT molecular complexity index is 1010. The molecule has 0 aliphatic carbocycles. The summed E-state index contributed by atoms with van der Waals surface area (Å²) in [6.07, 6.45) is 52.4. The van der Waals surface area contributed by atoms with Crippen LogP contribution in [-0.2, 0) is 28.6 Å². The monoisotopic (exact) mass is 919 g/mol. The summed E-state index contributed by atoms with van der Waals surface area (Å²) in [5, 5.41) is 0. The van der Waals surface area contributed by atoms with E-state index in [1.165, 1.54) is 205 Å². The molecule has 65 heavy (non-hydrogen) atoms. The van der Waals surface area contributed by atoms with Crippen LogP contribution in [0.5, 0.6) is 0 Å². The fourth-order valence-electron chi connectivity index (χ4n) is 9.00. The van der Waals surface area contributed by atoms with Crippen molar-refractivity contribution in [3.8, 4) is 0 Å². The van der Waals surface area contributed by atoms with Gasteiger partial charge in [0.25, 0.3) is 0 Å². The minimum absolute atomic E-state index is 0.0636. The first kappa shape index (κ1) is 63.4. The highest BCUT2D eigenvalue weighted by Crippen LogP contribution is 2.18. The number of hydrogen-bond acceptors (Lipinski definition) is 6. The minimum Gasteiger partial charge on any atom is -0.462 e. The Morgan fingerprint density at radius 2 is 0.446 bits per heavy atom. The average molecular weight is 920 g/mol. The van der Waals surface area contributed by atoms with E-state index < -0.39 is 6.10 Å². The fraction of sp³-hybridized carbons (Fsp3) is 0.949. The predicted octanol–water partition coefficient (Wildman–Crippen LogP) is 19.1. The van der Waals surface area contributed by atoms with E-state index in [9.17, 15) is 14.4 Å². The molecule has 6 heteroatoms. The van der Waals surface area contributed by atoms with Crippen molar-refractivity contribution in [1.82, 2.24) is 0 Å². The molecule has 0 fully saturated rings. The van der Waals surface area contributed by atoms with Crippen molar-refractivity contribution >= 4 is 17.9 Å². The Morgan fingerprint density at radius 1 is 0.262 bits per heavy atom. The van der Waals surface area contributed by atoms with Crippen molar-refractivity contribution in [2.45, 2.75) is 330 Å². The molecular weight excluding hydrogens is 805 g/mol. The summed E-state index contributed by atoms with van der Waals surface area (Å²) < 4.78 is 16.9. The summed E-state index contributed by atoms with van der Waals surface area (Å²) in [7, 11) is 0. The third-order valence-corrected chi connectivity index (χ3v) is 13.4. The van der Waals surface area contributed by atoms with Gasteiger partial charge < -0.3 is 14.2 Å². The first-order chi connectivity index (χ1) is 31.6.